The van der Waals surface area contributed by atoms with Crippen LogP contribution in [0, 0.1) is 6.92 Å². The molecule has 0 amide bonds. The molecule has 0 fully saturated rings. The molecule has 1 aliphatic rings. The summed E-state index contributed by atoms with van der Waals surface area (Å²) in [7, 11) is 0. The van der Waals surface area contributed by atoms with Gasteiger partial charge >= 0.3 is 0 Å². The summed E-state index contributed by atoms with van der Waals surface area (Å²) in [6.07, 6.45) is 0. The van der Waals surface area contributed by atoms with Gasteiger partial charge in [0.2, 0.25) is 5.88 Å². The van der Waals surface area contributed by atoms with Crippen molar-refractivity contribution in [3.05, 3.63) is 19.4 Å². The van der Waals surface area contributed by atoms with Crippen LogP contribution in [0.25, 0.3) is 0 Å². The molecular weight excluding hydrogens is 92.1 g/mol. The minimum absolute atomic E-state index is 0.255. The molecule has 0 saturated carbocycles. The molecule has 36 valence electrons. The molecule has 2 radical (unpaired) electrons. The maximum absolute atomic E-state index is 5.08. The van der Waals surface area contributed by atoms with Gasteiger partial charge in [-0.15, -0.1) is 0 Å². The Kier molecular flexibility index (Phi) is 0.749. The first kappa shape index (κ1) is 4.18. The summed E-state index contributed by atoms with van der Waals surface area (Å²) in [6.45, 7) is 8.43. The molecule has 0 aromatic rings. The number of nitrogens with one attached hydrogen (secondary N) is 1. The molecule has 7 heavy (non-hydrogen) atoms. The summed E-state index contributed by atoms with van der Waals surface area (Å²) >= 11 is 0. The number of amidine groups is 1. The predicted molar refractivity (Wildman–Crippen MR) is 25.1 cm³/mol. The van der Waals surface area contributed by atoms with Gasteiger partial charge in [0.15, 0.2) is 0 Å². The zero-order chi connectivity index (χ0) is 5.28. The minimum Gasteiger partial charge on any atom is -0.361 e. The molecule has 0 saturated heterocycles. The van der Waals surface area contributed by atoms with Crippen LogP contribution in [0.5, 0.6) is 0 Å². The third kappa shape index (κ3) is 0.707. The van der Waals surface area contributed by atoms with Gasteiger partial charge in [0.1, 0.15) is 5.84 Å². The van der Waals surface area contributed by atoms with Gasteiger partial charge in [-0.1, -0.05) is 0 Å². The zero-order valence-electron chi connectivity index (χ0n) is 3.64. The summed E-state index contributed by atoms with van der Waals surface area (Å²) < 4.78 is 0. The summed E-state index contributed by atoms with van der Waals surface area (Å²) in [5, 5.41) is 0. The van der Waals surface area contributed by atoms with E-state index >= 15 is 0 Å². The van der Waals surface area contributed by atoms with E-state index in [0.29, 0.717) is 5.88 Å². The Morgan fingerprint density at radius 3 is 2.71 bits per heavy atom. The van der Waals surface area contributed by atoms with E-state index in [9.17, 15) is 0 Å². The van der Waals surface area contributed by atoms with E-state index in [4.69, 9.17) is 6.92 Å². The molecule has 3 nitrogen and oxygen atoms in total. The second-order valence-corrected chi connectivity index (χ2v) is 1.09. The first-order valence-electron chi connectivity index (χ1n) is 1.75. The lowest BCUT2D eigenvalue weighted by atomic mass is 10.7. The molecule has 0 bridgehead atoms. The third-order valence-electron chi connectivity index (χ3n) is 0.519. The standard InChI is InChI=1S/C4H4N2O/c1-3-5-4(2)7-6-3/h1H,2H2,(H,5,6). The van der Waals surface area contributed by atoms with Gasteiger partial charge in [0.05, 0.1) is 0 Å². The van der Waals surface area contributed by atoms with Crippen molar-refractivity contribution >= 4 is 5.84 Å². The Morgan fingerprint density at radius 2 is 2.57 bits per heavy atom. The van der Waals surface area contributed by atoms with Crippen LogP contribution >= 0.6 is 0 Å². The van der Waals surface area contributed by atoms with Gasteiger partial charge in [-0.25, -0.2) is 5.48 Å². The summed E-state index contributed by atoms with van der Waals surface area (Å²) in [4.78, 5) is 8.05. The van der Waals surface area contributed by atoms with Crippen molar-refractivity contribution in [2.75, 3.05) is 0 Å². The maximum Gasteiger partial charge on any atom is 0.240 e. The minimum atomic E-state index is 0.255. The van der Waals surface area contributed by atoms with E-state index in [1.807, 2.05) is 0 Å². The zero-order valence-corrected chi connectivity index (χ0v) is 3.64. The molecular formula is C4H4N2O. The van der Waals surface area contributed by atoms with Crippen LogP contribution in [0.4, 0.5) is 0 Å². The number of hydrogen-bond donors (Lipinski definition) is 1. The first-order chi connectivity index (χ1) is 3.29. The highest BCUT2D eigenvalue weighted by Crippen LogP contribution is 1.98. The fraction of sp³-hybridized carbons (Fsp3) is 0. The van der Waals surface area contributed by atoms with Crippen LogP contribution < -0.4 is 5.48 Å². The molecule has 0 aromatic heterocycles. The Bertz CT molecular complexity index is 128. The van der Waals surface area contributed by atoms with E-state index < -0.39 is 0 Å². The SMILES string of the molecule is [CH]C1=NC(=C)ON1. The molecule has 0 aromatic carbocycles. The van der Waals surface area contributed by atoms with E-state index in [1.165, 1.54) is 0 Å². The van der Waals surface area contributed by atoms with Crippen LogP contribution in [0.15, 0.2) is 17.5 Å². The molecule has 1 aliphatic heterocycles. The third-order valence-corrected chi connectivity index (χ3v) is 0.519. The lowest BCUT2D eigenvalue weighted by Crippen LogP contribution is -2.11. The van der Waals surface area contributed by atoms with Crippen molar-refractivity contribution in [1.29, 1.82) is 0 Å². The highest BCUT2D eigenvalue weighted by Gasteiger charge is 2.01. The van der Waals surface area contributed by atoms with Crippen molar-refractivity contribution in [3.63, 3.8) is 0 Å². The van der Waals surface area contributed by atoms with Gasteiger partial charge in [-0.05, 0) is 6.58 Å². The van der Waals surface area contributed by atoms with Gasteiger partial charge < -0.3 is 4.84 Å². The van der Waals surface area contributed by atoms with Crippen LogP contribution in [0.1, 0.15) is 0 Å². The Balaban J connectivity index is 2.67. The molecule has 0 atom stereocenters. The number of nitrogens with zero attached hydrogens (tertiary/aromatic N) is 1. The first-order valence-corrected chi connectivity index (χ1v) is 1.75. The second-order valence-electron chi connectivity index (χ2n) is 1.09. The van der Waals surface area contributed by atoms with Crippen molar-refractivity contribution in [1.82, 2.24) is 5.48 Å². The largest absolute Gasteiger partial charge is 0.361 e. The molecule has 1 N–H and O–H groups in total. The van der Waals surface area contributed by atoms with Gasteiger partial charge in [-0.2, -0.15) is 4.99 Å². The fourth-order valence-corrected chi connectivity index (χ4v) is 0.291. The average molecular weight is 96.1 g/mol. The number of aliphatic imine (C=N–C) groups is 1. The number of hydroxylamine groups is 1. The van der Waals surface area contributed by atoms with Crippen molar-refractivity contribution in [3.8, 4) is 0 Å². The van der Waals surface area contributed by atoms with E-state index in [0.717, 1.165) is 0 Å². The van der Waals surface area contributed by atoms with E-state index in [2.05, 4.69) is 21.9 Å². The quantitative estimate of drug-likeness (QED) is 0.464. The van der Waals surface area contributed by atoms with Crippen molar-refractivity contribution in [2.45, 2.75) is 0 Å². The molecule has 0 aliphatic carbocycles. The summed E-state index contributed by atoms with van der Waals surface area (Å²) in [5.74, 6) is 0.558. The summed E-state index contributed by atoms with van der Waals surface area (Å²) in [5.41, 5.74) is 2.30. The lowest BCUT2D eigenvalue weighted by molar-refractivity contribution is 0.179. The smallest absolute Gasteiger partial charge is 0.240 e. The lowest BCUT2D eigenvalue weighted by Gasteiger charge is -1.89. The Labute approximate surface area is 41.7 Å². The normalized spacial score (nSPS) is 17.9. The molecule has 1 rings (SSSR count). The van der Waals surface area contributed by atoms with Crippen molar-refractivity contribution < 1.29 is 4.84 Å². The summed E-state index contributed by atoms with van der Waals surface area (Å²) in [6, 6.07) is 0. The number of hydrogen-bond acceptors (Lipinski definition) is 3. The maximum atomic E-state index is 5.08. The molecule has 3 heteroatoms. The molecule has 1 heterocycles. The van der Waals surface area contributed by atoms with Crippen LogP contribution in [-0.4, -0.2) is 5.84 Å². The molecule has 0 unspecified atom stereocenters. The predicted octanol–water partition coefficient (Wildman–Crippen LogP) is 0.102. The Hall–Kier alpha value is -0.990. The monoisotopic (exact) mass is 96.0 g/mol. The van der Waals surface area contributed by atoms with Crippen LogP contribution in [-0.2, 0) is 4.84 Å². The average Bonchev–Trinajstić information content (AvgIpc) is 1.87. The van der Waals surface area contributed by atoms with Gasteiger partial charge in [-0.3, -0.25) is 0 Å². The highest BCUT2D eigenvalue weighted by molar-refractivity contribution is 5.87. The van der Waals surface area contributed by atoms with Crippen LogP contribution in [0.2, 0.25) is 0 Å². The van der Waals surface area contributed by atoms with Gasteiger partial charge in [0.25, 0.3) is 0 Å². The van der Waals surface area contributed by atoms with E-state index in [-0.39, 0.29) is 5.84 Å². The van der Waals surface area contributed by atoms with Crippen LogP contribution in [0.3, 0.4) is 0 Å². The Morgan fingerprint density at radius 1 is 1.86 bits per heavy atom. The van der Waals surface area contributed by atoms with E-state index in [1.54, 1.807) is 0 Å². The number of rotatable bonds is 0. The van der Waals surface area contributed by atoms with Crippen molar-refractivity contribution in [2.24, 2.45) is 4.99 Å². The topological polar surface area (TPSA) is 33.6 Å². The fourth-order valence-electron chi connectivity index (χ4n) is 0.291. The molecule has 0 spiro atoms. The van der Waals surface area contributed by atoms with Gasteiger partial charge in [0, 0.05) is 6.92 Å². The highest BCUT2D eigenvalue weighted by atomic mass is 16.7. The second kappa shape index (κ2) is 1.26.